The van der Waals surface area contributed by atoms with E-state index in [0.29, 0.717) is 5.92 Å². The van der Waals surface area contributed by atoms with Crippen molar-refractivity contribution in [3.63, 3.8) is 0 Å². The molecule has 0 aliphatic rings. The summed E-state index contributed by atoms with van der Waals surface area (Å²) in [5, 5.41) is 14.0. The number of fused-ring (bicyclic) bond motifs is 1. The number of nitrogens with zero attached hydrogens (tertiary/aromatic N) is 4. The summed E-state index contributed by atoms with van der Waals surface area (Å²) in [6, 6.07) is 8.11. The Balaban J connectivity index is 1.30. The number of thiazole rings is 4. The van der Waals surface area contributed by atoms with Gasteiger partial charge in [-0.1, -0.05) is 37.3 Å². The second-order valence-electron chi connectivity index (χ2n) is 6.54. The first-order chi connectivity index (χ1) is 14.1. The monoisotopic (exact) mass is 456 g/mol. The number of benzene rings is 1. The quantitative estimate of drug-likeness (QED) is 0.288. The zero-order chi connectivity index (χ0) is 19.8. The lowest BCUT2D eigenvalue weighted by Crippen LogP contribution is -1.89. The van der Waals surface area contributed by atoms with Gasteiger partial charge in [0.25, 0.3) is 0 Å². The molecule has 0 aliphatic carbocycles. The second kappa shape index (κ2) is 7.79. The molecule has 1 aromatic carbocycles. The normalized spacial score (nSPS) is 11.4. The Morgan fingerprint density at radius 1 is 0.793 bits per heavy atom. The van der Waals surface area contributed by atoms with Crippen LogP contribution in [-0.2, 0) is 0 Å². The van der Waals surface area contributed by atoms with Gasteiger partial charge in [0.2, 0.25) is 0 Å². The SMILES string of the molecule is CC(C)c1cnc(Nc2nc(-c3csc(Nc4nc5ccccc5s4)n3)cs2)s1. The Morgan fingerprint density at radius 3 is 2.14 bits per heavy atom. The lowest BCUT2D eigenvalue weighted by molar-refractivity contribution is 0.885. The minimum atomic E-state index is 0.478. The van der Waals surface area contributed by atoms with Crippen LogP contribution in [0.5, 0.6) is 0 Å². The van der Waals surface area contributed by atoms with Crippen molar-refractivity contribution >= 4 is 76.1 Å². The average molecular weight is 457 g/mol. The van der Waals surface area contributed by atoms with Gasteiger partial charge in [0.1, 0.15) is 11.4 Å². The topological polar surface area (TPSA) is 75.6 Å². The number of para-hydroxylation sites is 1. The lowest BCUT2D eigenvalue weighted by atomic mass is 10.2. The largest absolute Gasteiger partial charge is 0.307 e. The molecule has 4 heterocycles. The van der Waals surface area contributed by atoms with Gasteiger partial charge in [-0.15, -0.1) is 34.0 Å². The van der Waals surface area contributed by atoms with Crippen molar-refractivity contribution in [3.05, 3.63) is 46.1 Å². The molecule has 0 unspecified atom stereocenters. The third-order valence-electron chi connectivity index (χ3n) is 4.09. The first-order valence-corrected chi connectivity index (χ1v) is 12.3. The van der Waals surface area contributed by atoms with Crippen LogP contribution in [0, 0.1) is 0 Å². The molecule has 29 heavy (non-hydrogen) atoms. The third-order valence-corrected chi connectivity index (χ3v) is 7.77. The van der Waals surface area contributed by atoms with Crippen molar-refractivity contribution in [2.45, 2.75) is 19.8 Å². The van der Waals surface area contributed by atoms with E-state index >= 15 is 0 Å². The van der Waals surface area contributed by atoms with Gasteiger partial charge >= 0.3 is 0 Å². The van der Waals surface area contributed by atoms with Gasteiger partial charge < -0.3 is 10.6 Å². The fourth-order valence-corrected chi connectivity index (χ4v) is 5.84. The van der Waals surface area contributed by atoms with Crippen LogP contribution < -0.4 is 10.6 Å². The number of hydrogen-bond acceptors (Lipinski definition) is 10. The molecule has 4 aromatic heterocycles. The van der Waals surface area contributed by atoms with Crippen molar-refractivity contribution < 1.29 is 0 Å². The summed E-state index contributed by atoms with van der Waals surface area (Å²) in [4.78, 5) is 19.6. The van der Waals surface area contributed by atoms with E-state index in [4.69, 9.17) is 0 Å². The van der Waals surface area contributed by atoms with Crippen molar-refractivity contribution in [3.8, 4) is 11.4 Å². The van der Waals surface area contributed by atoms with E-state index in [-0.39, 0.29) is 0 Å². The first kappa shape index (κ1) is 18.6. The van der Waals surface area contributed by atoms with Gasteiger partial charge in [-0.05, 0) is 18.1 Å². The Kier molecular flexibility index (Phi) is 5.00. The minimum absolute atomic E-state index is 0.478. The average Bonchev–Trinajstić information content (AvgIpc) is 3.48. The fraction of sp³-hybridized carbons (Fsp3) is 0.158. The van der Waals surface area contributed by atoms with Crippen LogP contribution in [0.25, 0.3) is 21.6 Å². The van der Waals surface area contributed by atoms with Crippen LogP contribution >= 0.6 is 45.3 Å². The maximum absolute atomic E-state index is 4.67. The predicted molar refractivity (Wildman–Crippen MR) is 126 cm³/mol. The van der Waals surface area contributed by atoms with Crippen molar-refractivity contribution in [1.29, 1.82) is 0 Å². The van der Waals surface area contributed by atoms with E-state index in [1.807, 2.05) is 35.2 Å². The van der Waals surface area contributed by atoms with Crippen LogP contribution in [0.3, 0.4) is 0 Å². The summed E-state index contributed by atoms with van der Waals surface area (Å²) in [5.41, 5.74) is 2.70. The summed E-state index contributed by atoms with van der Waals surface area (Å²) in [6.07, 6.45) is 1.92. The molecule has 0 saturated carbocycles. The summed E-state index contributed by atoms with van der Waals surface area (Å²) in [6.45, 7) is 4.34. The minimum Gasteiger partial charge on any atom is -0.307 e. The number of aromatic nitrogens is 4. The molecule has 0 saturated heterocycles. The van der Waals surface area contributed by atoms with Gasteiger partial charge in [0.15, 0.2) is 20.5 Å². The highest BCUT2D eigenvalue weighted by Crippen LogP contribution is 2.34. The van der Waals surface area contributed by atoms with E-state index in [1.54, 1.807) is 45.3 Å². The molecular weight excluding hydrogens is 441 g/mol. The Bertz CT molecular complexity index is 1230. The van der Waals surface area contributed by atoms with E-state index < -0.39 is 0 Å². The molecule has 0 fully saturated rings. The van der Waals surface area contributed by atoms with Crippen LogP contribution in [-0.4, -0.2) is 19.9 Å². The molecule has 0 amide bonds. The molecule has 5 rings (SSSR count). The predicted octanol–water partition coefficient (Wildman–Crippen LogP) is 6.94. The molecule has 0 radical (unpaired) electrons. The van der Waals surface area contributed by atoms with Crippen LogP contribution in [0.15, 0.2) is 41.2 Å². The maximum Gasteiger partial charge on any atom is 0.190 e. The standard InChI is InChI=1S/C19H16N6S4/c1-10(2)15-7-20-16(29-15)24-17-22-12(8-26-17)13-9-27-18(23-13)25-19-21-11-5-3-4-6-14(11)28-19/h3-10H,1-2H3,(H,20,22,24)(H,21,23,25). The number of rotatable bonds is 6. The smallest absolute Gasteiger partial charge is 0.190 e. The molecule has 2 N–H and O–H groups in total. The van der Waals surface area contributed by atoms with Crippen molar-refractivity contribution in [2.75, 3.05) is 10.6 Å². The number of hydrogen-bond donors (Lipinski definition) is 2. The molecule has 5 aromatic rings. The molecule has 10 heteroatoms. The van der Waals surface area contributed by atoms with Crippen LogP contribution in [0.4, 0.5) is 20.5 Å². The number of nitrogens with one attached hydrogen (secondary N) is 2. The van der Waals surface area contributed by atoms with E-state index in [0.717, 1.165) is 42.1 Å². The lowest BCUT2D eigenvalue weighted by Gasteiger charge is -1.97. The molecular formula is C19H16N6S4. The number of anilines is 4. The molecule has 0 aliphatic heterocycles. The van der Waals surface area contributed by atoms with Gasteiger partial charge in [0, 0.05) is 21.8 Å². The molecule has 0 bridgehead atoms. The van der Waals surface area contributed by atoms with Crippen LogP contribution in [0.2, 0.25) is 0 Å². The summed E-state index contributed by atoms with van der Waals surface area (Å²) in [7, 11) is 0. The Morgan fingerprint density at radius 2 is 1.48 bits per heavy atom. The third kappa shape index (κ3) is 4.01. The van der Waals surface area contributed by atoms with Gasteiger partial charge in [-0.3, -0.25) is 0 Å². The van der Waals surface area contributed by atoms with Gasteiger partial charge in [-0.2, -0.15) is 0 Å². The Hall–Kier alpha value is -2.40. The van der Waals surface area contributed by atoms with Gasteiger partial charge in [0.05, 0.1) is 10.2 Å². The van der Waals surface area contributed by atoms with E-state index in [9.17, 15) is 0 Å². The zero-order valence-corrected chi connectivity index (χ0v) is 18.8. The highest BCUT2D eigenvalue weighted by molar-refractivity contribution is 7.22. The summed E-state index contributed by atoms with van der Waals surface area (Å²) in [5.74, 6) is 0.478. The second-order valence-corrected chi connectivity index (χ2v) is 10.3. The summed E-state index contributed by atoms with van der Waals surface area (Å²) >= 11 is 6.38. The van der Waals surface area contributed by atoms with Crippen molar-refractivity contribution in [1.82, 2.24) is 19.9 Å². The Labute approximate surface area is 183 Å². The first-order valence-electron chi connectivity index (χ1n) is 8.91. The molecule has 0 atom stereocenters. The highest BCUT2D eigenvalue weighted by Gasteiger charge is 2.12. The zero-order valence-electron chi connectivity index (χ0n) is 15.5. The molecule has 146 valence electrons. The molecule has 6 nitrogen and oxygen atoms in total. The summed E-state index contributed by atoms with van der Waals surface area (Å²) < 4.78 is 1.16. The van der Waals surface area contributed by atoms with Gasteiger partial charge in [-0.25, -0.2) is 19.9 Å². The molecule has 0 spiro atoms. The highest BCUT2D eigenvalue weighted by atomic mass is 32.1. The fourth-order valence-electron chi connectivity index (χ4n) is 2.62. The maximum atomic E-state index is 4.67. The van der Waals surface area contributed by atoms with Crippen molar-refractivity contribution in [2.24, 2.45) is 0 Å². The van der Waals surface area contributed by atoms with E-state index in [2.05, 4.69) is 50.5 Å². The van der Waals surface area contributed by atoms with Crippen LogP contribution in [0.1, 0.15) is 24.6 Å². The van der Waals surface area contributed by atoms with E-state index in [1.165, 1.54) is 4.88 Å².